The summed E-state index contributed by atoms with van der Waals surface area (Å²) in [4.78, 5) is 16.6. The van der Waals surface area contributed by atoms with Gasteiger partial charge in [-0.1, -0.05) is 0 Å². The molecule has 144 valence electrons. The number of nitrogens with one attached hydrogen (secondary N) is 1. The fourth-order valence-corrected chi connectivity index (χ4v) is 3.94. The van der Waals surface area contributed by atoms with Crippen LogP contribution in [0.15, 0.2) is 24.5 Å². The molecule has 0 saturated carbocycles. The molecule has 5 rings (SSSR count). The SMILES string of the molecule is Cc1cc2ncnc(N3CCC(c4nnc5ccc(N(C)C)nn45)CC3)c2[nH]1. The first-order valence-corrected chi connectivity index (χ1v) is 9.55. The molecule has 1 N–H and O–H groups in total. The summed E-state index contributed by atoms with van der Waals surface area (Å²) < 4.78 is 1.90. The van der Waals surface area contributed by atoms with Crippen LogP contribution in [-0.4, -0.2) is 61.9 Å². The molecule has 0 atom stereocenters. The quantitative estimate of drug-likeness (QED) is 0.585. The number of aromatic nitrogens is 7. The zero-order valence-corrected chi connectivity index (χ0v) is 16.3. The van der Waals surface area contributed by atoms with Gasteiger partial charge in [-0.25, -0.2) is 9.97 Å². The van der Waals surface area contributed by atoms with E-state index in [1.165, 1.54) is 0 Å². The van der Waals surface area contributed by atoms with Crippen molar-refractivity contribution in [2.45, 2.75) is 25.7 Å². The Bertz CT molecular complexity index is 1130. The maximum Gasteiger partial charge on any atom is 0.178 e. The molecule has 1 fully saturated rings. The van der Waals surface area contributed by atoms with Gasteiger partial charge in [-0.3, -0.25) is 0 Å². The lowest BCUT2D eigenvalue weighted by Crippen LogP contribution is -2.34. The fraction of sp³-hybridized carbons (Fsp3) is 0.421. The summed E-state index contributed by atoms with van der Waals surface area (Å²) >= 11 is 0. The molecule has 0 amide bonds. The third-order valence-corrected chi connectivity index (χ3v) is 5.42. The van der Waals surface area contributed by atoms with Crippen LogP contribution in [0.5, 0.6) is 0 Å². The molecule has 4 aromatic rings. The van der Waals surface area contributed by atoms with E-state index < -0.39 is 0 Å². The number of H-pyrrole nitrogens is 1. The highest BCUT2D eigenvalue weighted by molar-refractivity contribution is 5.86. The van der Waals surface area contributed by atoms with Crippen molar-refractivity contribution in [3.8, 4) is 0 Å². The fourth-order valence-electron chi connectivity index (χ4n) is 3.94. The molecule has 5 heterocycles. The number of piperidine rings is 1. The second kappa shape index (κ2) is 6.43. The predicted molar refractivity (Wildman–Crippen MR) is 108 cm³/mol. The Morgan fingerprint density at radius 2 is 1.93 bits per heavy atom. The molecule has 0 spiro atoms. The van der Waals surface area contributed by atoms with Gasteiger partial charge in [-0.05, 0) is 38.0 Å². The second-order valence-corrected chi connectivity index (χ2v) is 7.59. The van der Waals surface area contributed by atoms with Gasteiger partial charge in [0.1, 0.15) is 17.7 Å². The minimum atomic E-state index is 0.332. The van der Waals surface area contributed by atoms with Crippen LogP contribution in [0.4, 0.5) is 11.6 Å². The Kier molecular flexibility index (Phi) is 3.88. The van der Waals surface area contributed by atoms with Crippen LogP contribution in [0, 0.1) is 6.92 Å². The normalized spacial score (nSPS) is 15.6. The van der Waals surface area contributed by atoms with Crippen LogP contribution >= 0.6 is 0 Å². The first-order valence-electron chi connectivity index (χ1n) is 9.55. The van der Waals surface area contributed by atoms with Gasteiger partial charge in [0, 0.05) is 38.8 Å². The topological polar surface area (TPSA) is 91.1 Å². The molecule has 1 aliphatic heterocycles. The van der Waals surface area contributed by atoms with Crippen molar-refractivity contribution in [2.24, 2.45) is 0 Å². The van der Waals surface area contributed by atoms with E-state index in [0.29, 0.717) is 5.92 Å². The van der Waals surface area contributed by atoms with Crippen LogP contribution in [-0.2, 0) is 0 Å². The lowest BCUT2D eigenvalue weighted by atomic mass is 9.96. The standard InChI is InChI=1S/C19H23N9/c1-12-10-14-17(22-12)19(21-11-20-14)27-8-6-13(7-9-27)18-24-23-15-4-5-16(26(2)3)25-28(15)18/h4-5,10-11,13,22H,6-9H2,1-3H3. The van der Waals surface area contributed by atoms with E-state index in [0.717, 1.165) is 65.8 Å². The van der Waals surface area contributed by atoms with Gasteiger partial charge < -0.3 is 14.8 Å². The van der Waals surface area contributed by atoms with Crippen molar-refractivity contribution in [3.05, 3.63) is 36.0 Å². The highest BCUT2D eigenvalue weighted by Gasteiger charge is 2.27. The van der Waals surface area contributed by atoms with Gasteiger partial charge in [0.25, 0.3) is 0 Å². The molecule has 9 nitrogen and oxygen atoms in total. The number of hydrogen-bond donors (Lipinski definition) is 1. The lowest BCUT2D eigenvalue weighted by molar-refractivity contribution is 0.475. The summed E-state index contributed by atoms with van der Waals surface area (Å²) in [5, 5.41) is 13.5. The molecule has 28 heavy (non-hydrogen) atoms. The molecule has 4 aromatic heterocycles. The maximum atomic E-state index is 4.71. The molecule has 9 heteroatoms. The molecular weight excluding hydrogens is 354 g/mol. The molecule has 1 aliphatic rings. The predicted octanol–water partition coefficient (Wildman–Crippen LogP) is 2.15. The number of fused-ring (bicyclic) bond motifs is 2. The van der Waals surface area contributed by atoms with Gasteiger partial charge in [-0.15, -0.1) is 15.3 Å². The number of rotatable bonds is 3. The summed E-state index contributed by atoms with van der Waals surface area (Å²) in [6, 6.07) is 6.00. The Labute approximate surface area is 162 Å². The van der Waals surface area contributed by atoms with E-state index in [4.69, 9.17) is 5.10 Å². The maximum absolute atomic E-state index is 4.71. The molecule has 1 saturated heterocycles. The number of aromatic amines is 1. The van der Waals surface area contributed by atoms with E-state index >= 15 is 0 Å². The number of aryl methyl sites for hydroxylation is 1. The highest BCUT2D eigenvalue weighted by atomic mass is 15.4. The summed E-state index contributed by atoms with van der Waals surface area (Å²) in [5.41, 5.74) is 3.88. The minimum Gasteiger partial charge on any atom is -0.361 e. The third-order valence-electron chi connectivity index (χ3n) is 5.42. The van der Waals surface area contributed by atoms with Crippen molar-refractivity contribution in [3.63, 3.8) is 0 Å². The largest absolute Gasteiger partial charge is 0.361 e. The van der Waals surface area contributed by atoms with Crippen LogP contribution in [0.3, 0.4) is 0 Å². The third kappa shape index (κ3) is 2.74. The molecule has 0 radical (unpaired) electrons. The van der Waals surface area contributed by atoms with Crippen molar-refractivity contribution in [2.75, 3.05) is 37.0 Å². The van der Waals surface area contributed by atoms with Crippen LogP contribution in [0.25, 0.3) is 16.7 Å². The van der Waals surface area contributed by atoms with Crippen molar-refractivity contribution >= 4 is 28.3 Å². The van der Waals surface area contributed by atoms with Gasteiger partial charge in [0.2, 0.25) is 0 Å². The first kappa shape index (κ1) is 16.9. The molecule has 0 aromatic carbocycles. The monoisotopic (exact) mass is 377 g/mol. The molecular formula is C19H23N9. The number of anilines is 2. The highest BCUT2D eigenvalue weighted by Crippen LogP contribution is 2.31. The van der Waals surface area contributed by atoms with Crippen molar-refractivity contribution in [1.29, 1.82) is 0 Å². The minimum absolute atomic E-state index is 0.332. The lowest BCUT2D eigenvalue weighted by Gasteiger charge is -2.32. The molecule has 0 unspecified atom stereocenters. The van der Waals surface area contributed by atoms with Crippen molar-refractivity contribution < 1.29 is 0 Å². The van der Waals surface area contributed by atoms with E-state index in [9.17, 15) is 0 Å². The van der Waals surface area contributed by atoms with E-state index in [1.807, 2.05) is 42.6 Å². The Morgan fingerprint density at radius 1 is 1.11 bits per heavy atom. The Balaban J connectivity index is 1.40. The number of nitrogens with zero attached hydrogens (tertiary/aromatic N) is 8. The van der Waals surface area contributed by atoms with E-state index in [1.54, 1.807) is 6.33 Å². The average molecular weight is 377 g/mol. The van der Waals surface area contributed by atoms with E-state index in [-0.39, 0.29) is 0 Å². The Morgan fingerprint density at radius 3 is 2.71 bits per heavy atom. The number of hydrogen-bond acceptors (Lipinski definition) is 7. The smallest absolute Gasteiger partial charge is 0.178 e. The van der Waals surface area contributed by atoms with Gasteiger partial charge in [0.05, 0.1) is 5.52 Å². The zero-order valence-electron chi connectivity index (χ0n) is 16.3. The molecule has 0 bridgehead atoms. The van der Waals surface area contributed by atoms with Gasteiger partial charge in [-0.2, -0.15) is 4.52 Å². The first-order chi connectivity index (χ1) is 13.6. The van der Waals surface area contributed by atoms with E-state index in [2.05, 4.69) is 36.1 Å². The van der Waals surface area contributed by atoms with Gasteiger partial charge >= 0.3 is 0 Å². The summed E-state index contributed by atoms with van der Waals surface area (Å²) in [6.07, 6.45) is 3.62. The van der Waals surface area contributed by atoms with Gasteiger partial charge in [0.15, 0.2) is 17.3 Å². The summed E-state index contributed by atoms with van der Waals surface area (Å²) in [6.45, 7) is 3.87. The zero-order chi connectivity index (χ0) is 19.3. The van der Waals surface area contributed by atoms with Crippen LogP contribution in [0.1, 0.15) is 30.3 Å². The summed E-state index contributed by atoms with van der Waals surface area (Å²) in [5.74, 6) is 3.16. The molecule has 0 aliphatic carbocycles. The second-order valence-electron chi connectivity index (χ2n) is 7.59. The van der Waals surface area contributed by atoms with Crippen LogP contribution in [0.2, 0.25) is 0 Å². The Hall–Kier alpha value is -3.23. The van der Waals surface area contributed by atoms with Crippen LogP contribution < -0.4 is 9.80 Å². The average Bonchev–Trinajstić information content (AvgIpc) is 3.29. The summed E-state index contributed by atoms with van der Waals surface area (Å²) in [7, 11) is 3.98. The van der Waals surface area contributed by atoms with Crippen molar-refractivity contribution in [1.82, 2.24) is 34.8 Å².